The van der Waals surface area contributed by atoms with Crippen LogP contribution < -0.4 is 5.32 Å². The SMILES string of the molecule is Cc1cccc(-c2nnc(-c3cccc(NC(=O)c4ccc(C(C)(C)C)cc4)c3)o2)c1. The summed E-state index contributed by atoms with van der Waals surface area (Å²) in [5.41, 5.74) is 5.25. The van der Waals surface area contributed by atoms with E-state index in [2.05, 4.69) is 36.3 Å². The molecule has 0 bridgehead atoms. The summed E-state index contributed by atoms with van der Waals surface area (Å²) in [4.78, 5) is 12.7. The van der Waals surface area contributed by atoms with Gasteiger partial charge in [-0.2, -0.15) is 0 Å². The summed E-state index contributed by atoms with van der Waals surface area (Å²) in [6.45, 7) is 8.46. The van der Waals surface area contributed by atoms with Crippen molar-refractivity contribution in [2.24, 2.45) is 0 Å². The monoisotopic (exact) mass is 411 g/mol. The molecule has 3 aromatic carbocycles. The van der Waals surface area contributed by atoms with Crippen LogP contribution in [0.2, 0.25) is 0 Å². The second-order valence-corrected chi connectivity index (χ2v) is 8.64. The van der Waals surface area contributed by atoms with Gasteiger partial charge in [-0.3, -0.25) is 4.79 Å². The number of aryl methyl sites for hydroxylation is 1. The van der Waals surface area contributed by atoms with Crippen LogP contribution in [0.15, 0.2) is 77.2 Å². The minimum Gasteiger partial charge on any atom is -0.416 e. The number of nitrogens with zero attached hydrogens (tertiary/aromatic N) is 2. The van der Waals surface area contributed by atoms with E-state index in [9.17, 15) is 4.79 Å². The van der Waals surface area contributed by atoms with E-state index < -0.39 is 0 Å². The van der Waals surface area contributed by atoms with E-state index in [1.807, 2.05) is 79.7 Å². The van der Waals surface area contributed by atoms with Crippen molar-refractivity contribution in [2.45, 2.75) is 33.1 Å². The van der Waals surface area contributed by atoms with Gasteiger partial charge >= 0.3 is 0 Å². The maximum Gasteiger partial charge on any atom is 0.255 e. The standard InChI is InChI=1S/C26H25N3O2/c1-17-7-5-8-19(15-17)24-28-29-25(31-24)20-9-6-10-22(16-20)27-23(30)18-11-13-21(14-12-18)26(2,3)4/h5-16H,1-4H3,(H,27,30). The Morgan fingerprint density at radius 3 is 2.06 bits per heavy atom. The van der Waals surface area contributed by atoms with Gasteiger partial charge in [0.25, 0.3) is 5.91 Å². The van der Waals surface area contributed by atoms with E-state index in [1.165, 1.54) is 5.56 Å². The van der Waals surface area contributed by atoms with E-state index in [4.69, 9.17) is 4.42 Å². The zero-order valence-electron chi connectivity index (χ0n) is 18.1. The van der Waals surface area contributed by atoms with Gasteiger partial charge in [-0.25, -0.2) is 0 Å². The van der Waals surface area contributed by atoms with E-state index >= 15 is 0 Å². The van der Waals surface area contributed by atoms with Crippen LogP contribution in [0.25, 0.3) is 22.9 Å². The lowest BCUT2D eigenvalue weighted by molar-refractivity contribution is 0.102. The summed E-state index contributed by atoms with van der Waals surface area (Å²) in [6, 6.07) is 23.0. The molecule has 1 heterocycles. The largest absolute Gasteiger partial charge is 0.416 e. The van der Waals surface area contributed by atoms with Crippen molar-refractivity contribution in [3.8, 4) is 22.9 Å². The van der Waals surface area contributed by atoms with Crippen LogP contribution in [-0.4, -0.2) is 16.1 Å². The van der Waals surface area contributed by atoms with Gasteiger partial charge in [0, 0.05) is 22.4 Å². The van der Waals surface area contributed by atoms with Crippen LogP contribution in [0.3, 0.4) is 0 Å². The van der Waals surface area contributed by atoms with Crippen LogP contribution in [0.4, 0.5) is 5.69 Å². The van der Waals surface area contributed by atoms with Gasteiger partial charge in [-0.15, -0.1) is 10.2 Å². The molecule has 4 aromatic rings. The van der Waals surface area contributed by atoms with Crippen LogP contribution in [0.5, 0.6) is 0 Å². The molecule has 0 aliphatic rings. The Labute approximate surface area is 182 Å². The summed E-state index contributed by atoms with van der Waals surface area (Å²) in [5, 5.41) is 11.3. The average Bonchev–Trinajstić information content (AvgIpc) is 3.24. The Morgan fingerprint density at radius 2 is 1.45 bits per heavy atom. The van der Waals surface area contributed by atoms with Crippen molar-refractivity contribution in [3.63, 3.8) is 0 Å². The zero-order chi connectivity index (χ0) is 22.0. The fourth-order valence-corrected chi connectivity index (χ4v) is 3.29. The van der Waals surface area contributed by atoms with Crippen LogP contribution in [0, 0.1) is 6.92 Å². The molecule has 0 aliphatic carbocycles. The molecule has 0 unspecified atom stereocenters. The first-order valence-corrected chi connectivity index (χ1v) is 10.2. The van der Waals surface area contributed by atoms with Crippen LogP contribution in [0.1, 0.15) is 42.3 Å². The quantitative estimate of drug-likeness (QED) is 0.430. The van der Waals surface area contributed by atoms with E-state index in [0.29, 0.717) is 23.0 Å². The molecule has 5 nitrogen and oxygen atoms in total. The molecule has 0 radical (unpaired) electrons. The van der Waals surface area contributed by atoms with Gasteiger partial charge in [0.2, 0.25) is 11.8 Å². The van der Waals surface area contributed by atoms with Crippen molar-refractivity contribution < 1.29 is 9.21 Å². The molecule has 0 saturated carbocycles. The normalized spacial score (nSPS) is 11.4. The lowest BCUT2D eigenvalue weighted by Crippen LogP contribution is -2.14. The third-order valence-electron chi connectivity index (χ3n) is 5.07. The summed E-state index contributed by atoms with van der Waals surface area (Å²) in [7, 11) is 0. The Bertz CT molecular complexity index is 1220. The topological polar surface area (TPSA) is 68.0 Å². The van der Waals surface area contributed by atoms with Gasteiger partial charge in [-0.05, 0) is 60.4 Å². The number of amides is 1. The van der Waals surface area contributed by atoms with Crippen molar-refractivity contribution >= 4 is 11.6 Å². The minimum absolute atomic E-state index is 0.0463. The van der Waals surface area contributed by atoms with E-state index in [-0.39, 0.29) is 11.3 Å². The van der Waals surface area contributed by atoms with Gasteiger partial charge in [-0.1, -0.05) is 56.7 Å². The third-order valence-corrected chi connectivity index (χ3v) is 5.07. The van der Waals surface area contributed by atoms with Crippen LogP contribution >= 0.6 is 0 Å². The third kappa shape index (κ3) is 4.72. The second kappa shape index (κ2) is 8.19. The number of nitrogens with one attached hydrogen (secondary N) is 1. The maximum absolute atomic E-state index is 12.7. The molecule has 31 heavy (non-hydrogen) atoms. The van der Waals surface area contributed by atoms with Crippen molar-refractivity contribution in [3.05, 3.63) is 89.5 Å². The van der Waals surface area contributed by atoms with Gasteiger partial charge in [0.1, 0.15) is 0 Å². The Morgan fingerprint density at radius 1 is 0.839 bits per heavy atom. The first kappa shape index (κ1) is 20.5. The predicted molar refractivity (Wildman–Crippen MR) is 123 cm³/mol. The Balaban J connectivity index is 1.52. The number of carbonyl (C=O) groups excluding carboxylic acids is 1. The highest BCUT2D eigenvalue weighted by Crippen LogP contribution is 2.27. The average molecular weight is 412 g/mol. The number of carbonyl (C=O) groups is 1. The molecule has 1 N–H and O–H groups in total. The van der Waals surface area contributed by atoms with Gasteiger partial charge in [0.15, 0.2) is 0 Å². The molecule has 0 spiro atoms. The molecular formula is C26H25N3O2. The summed E-state index contributed by atoms with van der Waals surface area (Å²) in [5.74, 6) is 0.706. The predicted octanol–water partition coefficient (Wildman–Crippen LogP) is 6.26. The van der Waals surface area contributed by atoms with Crippen molar-refractivity contribution in [1.29, 1.82) is 0 Å². The first-order valence-electron chi connectivity index (χ1n) is 10.2. The molecule has 1 aromatic heterocycles. The highest BCUT2D eigenvalue weighted by Gasteiger charge is 2.15. The van der Waals surface area contributed by atoms with E-state index in [1.54, 1.807) is 0 Å². The van der Waals surface area contributed by atoms with Crippen LogP contribution in [-0.2, 0) is 5.41 Å². The second-order valence-electron chi connectivity index (χ2n) is 8.64. The number of hydrogen-bond donors (Lipinski definition) is 1. The fourth-order valence-electron chi connectivity index (χ4n) is 3.29. The fraction of sp³-hybridized carbons (Fsp3) is 0.192. The first-order chi connectivity index (χ1) is 14.8. The highest BCUT2D eigenvalue weighted by molar-refractivity contribution is 6.04. The molecule has 0 atom stereocenters. The molecule has 0 fully saturated rings. The number of aromatic nitrogens is 2. The number of benzene rings is 3. The smallest absolute Gasteiger partial charge is 0.255 e. The number of rotatable bonds is 4. The molecule has 1 amide bonds. The molecular weight excluding hydrogens is 386 g/mol. The summed E-state index contributed by atoms with van der Waals surface area (Å²) >= 11 is 0. The van der Waals surface area contributed by atoms with Crippen molar-refractivity contribution in [1.82, 2.24) is 10.2 Å². The zero-order valence-corrected chi connectivity index (χ0v) is 18.1. The van der Waals surface area contributed by atoms with Crippen molar-refractivity contribution in [2.75, 3.05) is 5.32 Å². The molecule has 0 aliphatic heterocycles. The summed E-state index contributed by atoms with van der Waals surface area (Å²) in [6.07, 6.45) is 0. The lowest BCUT2D eigenvalue weighted by Gasteiger charge is -2.19. The maximum atomic E-state index is 12.7. The Kier molecular flexibility index (Phi) is 5.42. The van der Waals surface area contributed by atoms with E-state index in [0.717, 1.165) is 16.7 Å². The lowest BCUT2D eigenvalue weighted by atomic mass is 9.87. The van der Waals surface area contributed by atoms with Gasteiger partial charge in [0.05, 0.1) is 0 Å². The number of hydrogen-bond acceptors (Lipinski definition) is 4. The Hall–Kier alpha value is -3.73. The number of anilines is 1. The van der Waals surface area contributed by atoms with Gasteiger partial charge < -0.3 is 9.73 Å². The molecule has 156 valence electrons. The molecule has 4 rings (SSSR count). The molecule has 0 saturated heterocycles. The highest BCUT2D eigenvalue weighted by atomic mass is 16.4. The minimum atomic E-state index is -0.163. The molecule has 5 heteroatoms. The summed E-state index contributed by atoms with van der Waals surface area (Å²) < 4.78 is 5.87.